The van der Waals surface area contributed by atoms with Crippen molar-refractivity contribution in [2.45, 2.75) is 62.7 Å². The number of anilines is 1. The number of nitrogens with two attached hydrogens (primary N) is 1. The van der Waals surface area contributed by atoms with Gasteiger partial charge in [-0.1, -0.05) is 0 Å². The summed E-state index contributed by atoms with van der Waals surface area (Å²) in [7, 11) is 0. The van der Waals surface area contributed by atoms with Gasteiger partial charge in [-0.05, 0) is 44.6 Å². The maximum absolute atomic E-state index is 12.9. The van der Waals surface area contributed by atoms with Gasteiger partial charge < -0.3 is 16.4 Å². The van der Waals surface area contributed by atoms with Crippen molar-refractivity contribution >= 4 is 23.3 Å². The molecule has 2 aliphatic carbocycles. The van der Waals surface area contributed by atoms with E-state index in [2.05, 4.69) is 31.2 Å². The monoisotopic (exact) mass is 409 g/mol. The number of rotatable bonds is 5. The molecule has 10 heteroatoms. The lowest BCUT2D eigenvalue weighted by atomic mass is 9.92. The minimum absolute atomic E-state index is 0.148. The SMILES string of the molecule is NC1CCC(N=C2C=C(NC3CC3)C3=NCC(C(=O)Nc4ccnnc4)N3N2)CC1. The topological polar surface area (TPSA) is 133 Å². The van der Waals surface area contributed by atoms with E-state index in [9.17, 15) is 4.79 Å². The molecule has 0 bridgehead atoms. The number of amidine groups is 2. The number of aromatic nitrogens is 2. The van der Waals surface area contributed by atoms with Crippen molar-refractivity contribution < 1.29 is 4.79 Å². The van der Waals surface area contributed by atoms with Crippen LogP contribution in [-0.2, 0) is 4.79 Å². The highest BCUT2D eigenvalue weighted by Gasteiger charge is 2.39. The summed E-state index contributed by atoms with van der Waals surface area (Å²) in [5.74, 6) is 1.38. The number of carbonyl (C=O) groups is 1. The third-order valence-electron chi connectivity index (χ3n) is 5.87. The van der Waals surface area contributed by atoms with Crippen molar-refractivity contribution in [1.82, 2.24) is 25.9 Å². The van der Waals surface area contributed by atoms with Crippen LogP contribution in [0.15, 0.2) is 40.2 Å². The van der Waals surface area contributed by atoms with Gasteiger partial charge in [0.05, 0.1) is 36.4 Å². The lowest BCUT2D eigenvalue weighted by molar-refractivity contribution is -0.119. The van der Waals surface area contributed by atoms with Crippen LogP contribution in [-0.4, -0.2) is 63.5 Å². The van der Waals surface area contributed by atoms with Crippen LogP contribution in [0.3, 0.4) is 0 Å². The molecule has 1 unspecified atom stereocenters. The predicted molar refractivity (Wildman–Crippen MR) is 114 cm³/mol. The summed E-state index contributed by atoms with van der Waals surface area (Å²) in [5.41, 5.74) is 10.9. The van der Waals surface area contributed by atoms with Gasteiger partial charge in [-0.15, -0.1) is 0 Å². The van der Waals surface area contributed by atoms with Crippen LogP contribution in [0.1, 0.15) is 38.5 Å². The zero-order chi connectivity index (χ0) is 20.5. The molecular weight excluding hydrogens is 382 g/mol. The molecule has 5 rings (SSSR count). The van der Waals surface area contributed by atoms with Gasteiger partial charge in [0, 0.05) is 18.2 Å². The maximum atomic E-state index is 12.9. The van der Waals surface area contributed by atoms with Crippen LogP contribution < -0.4 is 21.8 Å². The summed E-state index contributed by atoms with van der Waals surface area (Å²) in [6, 6.07) is 2.26. The Labute approximate surface area is 175 Å². The first-order chi connectivity index (χ1) is 14.7. The molecule has 2 saturated carbocycles. The highest BCUT2D eigenvalue weighted by Crippen LogP contribution is 2.25. The van der Waals surface area contributed by atoms with Gasteiger partial charge in [0.15, 0.2) is 11.9 Å². The van der Waals surface area contributed by atoms with Crippen LogP contribution >= 0.6 is 0 Å². The van der Waals surface area contributed by atoms with E-state index in [1.807, 2.05) is 11.1 Å². The third-order valence-corrected chi connectivity index (χ3v) is 5.87. The summed E-state index contributed by atoms with van der Waals surface area (Å²) < 4.78 is 0. The van der Waals surface area contributed by atoms with Gasteiger partial charge in [0.1, 0.15) is 5.84 Å². The first-order valence-electron chi connectivity index (χ1n) is 10.7. The first-order valence-corrected chi connectivity index (χ1v) is 10.7. The molecule has 0 spiro atoms. The van der Waals surface area contributed by atoms with Gasteiger partial charge in [0.25, 0.3) is 5.91 Å². The fourth-order valence-corrected chi connectivity index (χ4v) is 4.02. The number of aliphatic imine (C=N–C) groups is 2. The molecule has 1 atom stereocenters. The number of fused-ring (bicyclic) bond motifs is 1. The second-order valence-corrected chi connectivity index (χ2v) is 8.34. The Hall–Kier alpha value is -3.01. The highest BCUT2D eigenvalue weighted by atomic mass is 16.2. The normalized spacial score (nSPS) is 29.6. The summed E-state index contributed by atoms with van der Waals surface area (Å²) >= 11 is 0. The Balaban J connectivity index is 1.34. The average molecular weight is 409 g/mol. The van der Waals surface area contributed by atoms with E-state index in [0.717, 1.165) is 55.9 Å². The van der Waals surface area contributed by atoms with Gasteiger partial charge in [-0.3, -0.25) is 25.2 Å². The third kappa shape index (κ3) is 4.13. The number of nitrogens with zero attached hydrogens (tertiary/aromatic N) is 5. The summed E-state index contributed by atoms with van der Waals surface area (Å²) in [6.45, 7) is 0.377. The van der Waals surface area contributed by atoms with E-state index in [1.54, 1.807) is 12.3 Å². The fraction of sp³-hybridized carbons (Fsp3) is 0.550. The lowest BCUT2D eigenvalue weighted by Gasteiger charge is -2.33. The molecule has 158 valence electrons. The Morgan fingerprint density at radius 2 is 2.03 bits per heavy atom. The molecule has 2 aliphatic heterocycles. The van der Waals surface area contributed by atoms with Crippen molar-refractivity contribution in [1.29, 1.82) is 0 Å². The van der Waals surface area contributed by atoms with Gasteiger partial charge >= 0.3 is 0 Å². The molecule has 3 heterocycles. The van der Waals surface area contributed by atoms with E-state index in [1.165, 1.54) is 6.20 Å². The summed E-state index contributed by atoms with van der Waals surface area (Å²) in [6.07, 6.45) is 11.4. The van der Waals surface area contributed by atoms with Gasteiger partial charge in [-0.2, -0.15) is 10.2 Å². The molecular formula is C20H27N9O. The molecule has 10 nitrogen and oxygen atoms in total. The maximum Gasteiger partial charge on any atom is 0.251 e. The van der Waals surface area contributed by atoms with Crippen LogP contribution in [0, 0.1) is 0 Å². The Morgan fingerprint density at radius 3 is 2.77 bits per heavy atom. The molecule has 0 radical (unpaired) electrons. The zero-order valence-corrected chi connectivity index (χ0v) is 16.8. The highest BCUT2D eigenvalue weighted by molar-refractivity contribution is 6.12. The molecule has 1 aromatic rings. The van der Waals surface area contributed by atoms with Crippen LogP contribution in [0.4, 0.5) is 5.69 Å². The zero-order valence-electron chi connectivity index (χ0n) is 16.8. The van der Waals surface area contributed by atoms with Crippen LogP contribution in [0.25, 0.3) is 0 Å². The summed E-state index contributed by atoms with van der Waals surface area (Å²) in [5, 5.41) is 15.8. The van der Waals surface area contributed by atoms with Crippen molar-refractivity contribution in [2.75, 3.05) is 11.9 Å². The number of hydrogen-bond donors (Lipinski definition) is 4. The van der Waals surface area contributed by atoms with Crippen molar-refractivity contribution in [3.05, 3.63) is 30.2 Å². The molecule has 4 aliphatic rings. The van der Waals surface area contributed by atoms with Crippen molar-refractivity contribution in [3.8, 4) is 0 Å². The molecule has 1 aromatic heterocycles. The van der Waals surface area contributed by atoms with E-state index >= 15 is 0 Å². The van der Waals surface area contributed by atoms with E-state index in [0.29, 0.717) is 18.3 Å². The van der Waals surface area contributed by atoms with Crippen LogP contribution in [0.5, 0.6) is 0 Å². The van der Waals surface area contributed by atoms with Gasteiger partial charge in [0.2, 0.25) is 0 Å². The quantitative estimate of drug-likeness (QED) is 0.550. The smallest absolute Gasteiger partial charge is 0.251 e. The largest absolute Gasteiger partial charge is 0.379 e. The Kier molecular flexibility index (Phi) is 5.07. The number of carbonyl (C=O) groups excluding carboxylic acids is 1. The Morgan fingerprint density at radius 1 is 1.20 bits per heavy atom. The average Bonchev–Trinajstić information content (AvgIpc) is 3.46. The standard InChI is InChI=1S/C20H27N9O/c21-12-1-3-14(4-2-12)26-18-9-16(25-13-5-6-13)19-22-11-17(29(19)28-18)20(30)27-15-7-8-23-24-10-15/h7-10,12-14,17,25H,1-6,11,21H2,(H,26,28)(H,23,27,30). The minimum atomic E-state index is -0.470. The molecule has 30 heavy (non-hydrogen) atoms. The molecule has 0 aromatic carbocycles. The minimum Gasteiger partial charge on any atom is -0.379 e. The van der Waals surface area contributed by atoms with Crippen molar-refractivity contribution in [3.63, 3.8) is 0 Å². The number of hydrogen-bond acceptors (Lipinski definition) is 8. The molecule has 1 amide bonds. The fourth-order valence-electron chi connectivity index (χ4n) is 4.02. The number of nitrogens with one attached hydrogen (secondary N) is 3. The number of amides is 1. The Bertz CT molecular complexity index is 885. The lowest BCUT2D eigenvalue weighted by Crippen LogP contribution is -2.57. The first kappa shape index (κ1) is 19.0. The van der Waals surface area contributed by atoms with E-state index < -0.39 is 6.04 Å². The second kappa shape index (κ2) is 8.02. The predicted octanol–water partition coefficient (Wildman–Crippen LogP) is 0.320. The van der Waals surface area contributed by atoms with Gasteiger partial charge in [-0.25, -0.2) is 0 Å². The molecule has 5 N–H and O–H groups in total. The van der Waals surface area contributed by atoms with E-state index in [4.69, 9.17) is 10.7 Å². The van der Waals surface area contributed by atoms with Crippen molar-refractivity contribution in [2.24, 2.45) is 15.7 Å². The van der Waals surface area contributed by atoms with E-state index in [-0.39, 0.29) is 18.0 Å². The second-order valence-electron chi connectivity index (χ2n) is 8.34. The molecule has 2 fully saturated rings. The van der Waals surface area contributed by atoms with Crippen LogP contribution in [0.2, 0.25) is 0 Å². The number of hydrazine groups is 1. The molecule has 0 saturated heterocycles. The summed E-state index contributed by atoms with van der Waals surface area (Å²) in [4.78, 5) is 22.5.